The number of carbonyl (C=O) groups excluding carboxylic acids is 1. The number of halogens is 2. The van der Waals surface area contributed by atoms with Crippen LogP contribution in [0, 0.1) is 0 Å². The van der Waals surface area contributed by atoms with Gasteiger partial charge in [0.15, 0.2) is 5.78 Å². The summed E-state index contributed by atoms with van der Waals surface area (Å²) < 4.78 is -0.366. The number of rotatable bonds is 2. The van der Waals surface area contributed by atoms with E-state index < -0.39 is 0 Å². The van der Waals surface area contributed by atoms with E-state index in [4.69, 9.17) is 0 Å². The first-order valence-electron chi connectivity index (χ1n) is 5.91. The van der Waals surface area contributed by atoms with E-state index in [1.54, 1.807) is 0 Å². The maximum Gasteiger partial charge on any atom is 0.188 e. The molecule has 0 amide bonds. The van der Waals surface area contributed by atoms with Crippen molar-refractivity contribution < 1.29 is 4.79 Å². The van der Waals surface area contributed by atoms with Gasteiger partial charge in [0.25, 0.3) is 0 Å². The molecule has 94 valence electrons. The fourth-order valence-corrected chi connectivity index (χ4v) is 2.85. The summed E-state index contributed by atoms with van der Waals surface area (Å²) in [4.78, 5) is 12.5. The van der Waals surface area contributed by atoms with E-state index in [2.05, 4.69) is 37.9 Å². The van der Waals surface area contributed by atoms with E-state index >= 15 is 0 Å². The minimum Gasteiger partial charge on any atom is -0.292 e. The largest absolute Gasteiger partial charge is 0.292 e. The molecule has 0 radical (unpaired) electrons. The molecule has 0 spiro atoms. The first-order valence-corrected chi connectivity index (χ1v) is 7.74. The van der Waals surface area contributed by atoms with Crippen molar-refractivity contribution in [3.63, 3.8) is 0 Å². The Morgan fingerprint density at radius 3 is 1.79 bits per heavy atom. The SMILES string of the molecule is O=C(c1c2ccccc2cc2ccccc12)C(Br)Br. The summed E-state index contributed by atoms with van der Waals surface area (Å²) in [5.74, 6) is 0.0491. The zero-order valence-corrected chi connectivity index (χ0v) is 13.1. The summed E-state index contributed by atoms with van der Waals surface area (Å²) in [7, 11) is 0. The lowest BCUT2D eigenvalue weighted by Gasteiger charge is -2.11. The smallest absolute Gasteiger partial charge is 0.188 e. The van der Waals surface area contributed by atoms with Gasteiger partial charge in [0.2, 0.25) is 0 Å². The summed E-state index contributed by atoms with van der Waals surface area (Å²) in [6, 6.07) is 18.1. The van der Waals surface area contributed by atoms with Gasteiger partial charge in [-0.3, -0.25) is 4.79 Å². The predicted octanol–water partition coefficient (Wildman–Crippen LogP) is 5.29. The van der Waals surface area contributed by atoms with Gasteiger partial charge in [0.05, 0.1) is 0 Å². The Balaban J connectivity index is 2.50. The third-order valence-electron chi connectivity index (χ3n) is 3.22. The normalized spacial score (nSPS) is 11.3. The van der Waals surface area contributed by atoms with E-state index in [-0.39, 0.29) is 9.52 Å². The highest BCUT2D eigenvalue weighted by molar-refractivity contribution is 9.25. The van der Waals surface area contributed by atoms with Crippen molar-refractivity contribution in [3.8, 4) is 0 Å². The van der Waals surface area contributed by atoms with Crippen molar-refractivity contribution in [3.05, 3.63) is 60.2 Å². The number of fused-ring (bicyclic) bond motifs is 2. The highest BCUT2D eigenvalue weighted by atomic mass is 79.9. The van der Waals surface area contributed by atoms with Crippen molar-refractivity contribution in [1.29, 1.82) is 0 Å². The number of Topliss-reactive ketones (excluding diaryl/α,β-unsaturated/α-hetero) is 1. The molecule has 0 unspecified atom stereocenters. The first-order chi connectivity index (χ1) is 9.18. The zero-order chi connectivity index (χ0) is 13.4. The second-order valence-corrected chi connectivity index (χ2v) is 7.42. The van der Waals surface area contributed by atoms with Crippen molar-refractivity contribution >= 4 is 59.2 Å². The Kier molecular flexibility index (Phi) is 3.42. The third kappa shape index (κ3) is 2.21. The monoisotopic (exact) mass is 376 g/mol. The lowest BCUT2D eigenvalue weighted by molar-refractivity contribution is 0.102. The lowest BCUT2D eigenvalue weighted by Crippen LogP contribution is -2.08. The Morgan fingerprint density at radius 1 is 0.842 bits per heavy atom. The van der Waals surface area contributed by atoms with Crippen molar-refractivity contribution in [1.82, 2.24) is 0 Å². The van der Waals surface area contributed by atoms with Gasteiger partial charge in [0.1, 0.15) is 3.74 Å². The molecule has 3 heteroatoms. The quantitative estimate of drug-likeness (QED) is 0.337. The molecule has 3 aromatic rings. The van der Waals surface area contributed by atoms with E-state index in [1.165, 1.54) is 0 Å². The van der Waals surface area contributed by atoms with Crippen LogP contribution in [0.4, 0.5) is 0 Å². The van der Waals surface area contributed by atoms with Gasteiger partial charge in [0, 0.05) is 5.56 Å². The number of carbonyl (C=O) groups is 1. The molecule has 0 saturated heterocycles. The molecule has 0 fully saturated rings. The molecule has 0 saturated carbocycles. The van der Waals surface area contributed by atoms with Gasteiger partial charge in [-0.25, -0.2) is 0 Å². The minimum atomic E-state index is -0.366. The van der Waals surface area contributed by atoms with Crippen LogP contribution >= 0.6 is 31.9 Å². The molecule has 1 nitrogen and oxygen atoms in total. The van der Waals surface area contributed by atoms with Gasteiger partial charge in [-0.1, -0.05) is 80.4 Å². The Bertz CT molecular complexity index is 724. The highest BCUT2D eigenvalue weighted by Crippen LogP contribution is 2.31. The standard InChI is InChI=1S/C16H10Br2O/c17-16(18)15(19)14-12-7-3-1-5-10(12)9-11-6-2-4-8-13(11)14/h1-9,16H. The predicted molar refractivity (Wildman–Crippen MR) is 87.4 cm³/mol. The Hall–Kier alpha value is -1.19. The molecule has 3 aromatic carbocycles. The molecule has 0 aliphatic heterocycles. The number of benzene rings is 3. The Morgan fingerprint density at radius 2 is 1.32 bits per heavy atom. The van der Waals surface area contributed by atoms with Gasteiger partial charge >= 0.3 is 0 Å². The van der Waals surface area contributed by atoms with Crippen LogP contribution in [0.25, 0.3) is 21.5 Å². The van der Waals surface area contributed by atoms with Crippen LogP contribution in [-0.2, 0) is 0 Å². The molecule has 0 heterocycles. The number of alkyl halides is 2. The molecule has 0 bridgehead atoms. The van der Waals surface area contributed by atoms with E-state index in [9.17, 15) is 4.79 Å². The highest BCUT2D eigenvalue weighted by Gasteiger charge is 2.19. The molecule has 0 atom stereocenters. The fourth-order valence-electron chi connectivity index (χ4n) is 2.39. The Labute approximate surface area is 127 Å². The van der Waals surface area contributed by atoms with Gasteiger partial charge in [-0.15, -0.1) is 0 Å². The van der Waals surface area contributed by atoms with Gasteiger partial charge in [-0.05, 0) is 27.6 Å². The molecule has 3 rings (SSSR count). The van der Waals surface area contributed by atoms with Gasteiger partial charge < -0.3 is 0 Å². The number of hydrogen-bond donors (Lipinski definition) is 0. The van der Waals surface area contributed by atoms with E-state index in [0.29, 0.717) is 0 Å². The fraction of sp³-hybridized carbons (Fsp3) is 0.0625. The average Bonchev–Trinajstić information content (AvgIpc) is 2.43. The average molecular weight is 378 g/mol. The van der Waals surface area contributed by atoms with Crippen molar-refractivity contribution in [2.75, 3.05) is 0 Å². The van der Waals surface area contributed by atoms with Crippen LogP contribution in [0.15, 0.2) is 54.6 Å². The molecule has 0 aliphatic carbocycles. The van der Waals surface area contributed by atoms with Crippen molar-refractivity contribution in [2.24, 2.45) is 0 Å². The van der Waals surface area contributed by atoms with E-state index in [1.807, 2.05) is 48.5 Å². The van der Waals surface area contributed by atoms with Crippen molar-refractivity contribution in [2.45, 2.75) is 3.74 Å². The van der Waals surface area contributed by atoms with Gasteiger partial charge in [-0.2, -0.15) is 0 Å². The zero-order valence-electron chi connectivity index (χ0n) is 9.94. The molecule has 0 aromatic heterocycles. The molecular formula is C16H10Br2O. The second kappa shape index (κ2) is 5.06. The van der Waals surface area contributed by atoms with Crippen LogP contribution in [0.2, 0.25) is 0 Å². The second-order valence-electron chi connectivity index (χ2n) is 4.36. The van der Waals surface area contributed by atoms with Crippen LogP contribution in [0.3, 0.4) is 0 Å². The summed E-state index contributed by atoms with van der Waals surface area (Å²) in [5, 5.41) is 4.17. The topological polar surface area (TPSA) is 17.1 Å². The number of hydrogen-bond acceptors (Lipinski definition) is 1. The number of ketones is 1. The molecule has 19 heavy (non-hydrogen) atoms. The molecule has 0 N–H and O–H groups in total. The van der Waals surface area contributed by atoms with Crippen LogP contribution in [-0.4, -0.2) is 9.52 Å². The maximum atomic E-state index is 12.5. The molecular weight excluding hydrogens is 368 g/mol. The van der Waals surface area contributed by atoms with Crippen LogP contribution in [0.1, 0.15) is 10.4 Å². The minimum absolute atomic E-state index is 0.0491. The molecule has 0 aliphatic rings. The summed E-state index contributed by atoms with van der Waals surface area (Å²) in [6.45, 7) is 0. The first kappa shape index (κ1) is 12.8. The lowest BCUT2D eigenvalue weighted by atomic mass is 9.95. The maximum absolute atomic E-state index is 12.5. The van der Waals surface area contributed by atoms with Crippen LogP contribution < -0.4 is 0 Å². The third-order valence-corrected chi connectivity index (χ3v) is 4.05. The van der Waals surface area contributed by atoms with E-state index in [0.717, 1.165) is 27.1 Å². The van der Waals surface area contributed by atoms with Crippen LogP contribution in [0.5, 0.6) is 0 Å². The summed E-state index contributed by atoms with van der Waals surface area (Å²) >= 11 is 6.63. The summed E-state index contributed by atoms with van der Waals surface area (Å²) in [5.41, 5.74) is 0.771. The summed E-state index contributed by atoms with van der Waals surface area (Å²) in [6.07, 6.45) is 0.